The second-order valence-corrected chi connectivity index (χ2v) is 19.5. The molecular weight excluding hydrogens is 1120 g/mol. The van der Waals surface area contributed by atoms with E-state index in [-0.39, 0.29) is 52.7 Å². The van der Waals surface area contributed by atoms with E-state index in [2.05, 4.69) is 35.9 Å². The number of nitrogens with one attached hydrogen (secondary N) is 1. The number of nitrogens with zero attached hydrogens (tertiary/aromatic N) is 4. The number of ketones is 4. The summed E-state index contributed by atoms with van der Waals surface area (Å²) < 4.78 is 31.3. The van der Waals surface area contributed by atoms with Crippen LogP contribution >= 0.6 is 15.9 Å². The number of benzene rings is 5. The maximum Gasteiger partial charge on any atom is 0.407 e. The summed E-state index contributed by atoms with van der Waals surface area (Å²) in [6, 6.07) is 35.9. The molecule has 4 bridgehead atoms. The Balaban J connectivity index is 0.000000259. The molecule has 18 nitrogen and oxygen atoms in total. The number of carbonyl (C=O) groups excluding carboxylic acids is 5. The Kier molecular flexibility index (Phi) is 27.5. The Bertz CT molecular complexity index is 2510. The first-order valence-corrected chi connectivity index (χ1v) is 25.8. The zero-order valence-corrected chi connectivity index (χ0v) is 48.8. The van der Waals surface area contributed by atoms with Gasteiger partial charge >= 0.3 is 6.09 Å². The van der Waals surface area contributed by atoms with Crippen molar-refractivity contribution in [3.05, 3.63) is 149 Å². The van der Waals surface area contributed by atoms with Crippen molar-refractivity contribution in [2.75, 3.05) is 101 Å². The molecule has 0 radical (unpaired) electrons. The lowest BCUT2D eigenvalue weighted by atomic mass is 10.1. The predicted molar refractivity (Wildman–Crippen MR) is 296 cm³/mol. The van der Waals surface area contributed by atoms with Crippen molar-refractivity contribution in [1.82, 2.24) is 20.0 Å². The van der Waals surface area contributed by atoms with Crippen LogP contribution in [0.5, 0.6) is 28.7 Å². The highest BCUT2D eigenvalue weighted by Crippen LogP contribution is 2.29. The first-order valence-electron chi connectivity index (χ1n) is 24.6. The van der Waals surface area contributed by atoms with E-state index in [9.17, 15) is 24.0 Å². The van der Waals surface area contributed by atoms with Crippen molar-refractivity contribution < 1.29 is 73.9 Å². The fourth-order valence-electron chi connectivity index (χ4n) is 8.29. The van der Waals surface area contributed by atoms with Crippen LogP contribution in [0.4, 0.5) is 4.79 Å². The number of Topliss-reactive ketones (excluding diaryl/α,β-unsaturated/α-hetero) is 4. The predicted octanol–water partition coefficient (Wildman–Crippen LogP) is 5.01. The van der Waals surface area contributed by atoms with Gasteiger partial charge in [0.1, 0.15) is 60.9 Å². The molecule has 0 spiro atoms. The molecule has 9 rings (SSSR count). The quantitative estimate of drug-likeness (QED) is 0.0634. The lowest BCUT2D eigenvalue weighted by Gasteiger charge is -2.60. The Hall–Kier alpha value is -6.23. The summed E-state index contributed by atoms with van der Waals surface area (Å²) in [4.78, 5) is 65.0. The first-order chi connectivity index (χ1) is 36.3. The molecule has 4 heterocycles. The molecule has 1 amide bonds. The summed E-state index contributed by atoms with van der Waals surface area (Å²) >= 11 is 3.11. The van der Waals surface area contributed by atoms with Gasteiger partial charge in [-0.05, 0) is 87.0 Å². The number of amides is 1. The smallest absolute Gasteiger partial charge is 0.407 e. The fraction of sp³-hybridized carbons (Fsp3) is 0.386. The van der Waals surface area contributed by atoms with Gasteiger partial charge in [-0.3, -0.25) is 23.7 Å². The summed E-state index contributed by atoms with van der Waals surface area (Å²) in [6.45, 7) is 14.3. The van der Waals surface area contributed by atoms with Crippen LogP contribution in [-0.2, 0) is 4.74 Å². The molecule has 4 aliphatic rings. The molecule has 4 aliphatic heterocycles. The summed E-state index contributed by atoms with van der Waals surface area (Å²) in [5.74, 6) is 3.95. The van der Waals surface area contributed by atoms with Gasteiger partial charge < -0.3 is 62.2 Å². The number of hydrogen-bond donors (Lipinski definition) is 3. The van der Waals surface area contributed by atoms with E-state index in [0.717, 1.165) is 78.4 Å². The van der Waals surface area contributed by atoms with Gasteiger partial charge in [-0.2, -0.15) is 0 Å². The van der Waals surface area contributed by atoms with Gasteiger partial charge in [0.25, 0.3) is 0 Å². The molecule has 77 heavy (non-hydrogen) atoms. The number of methoxy groups -OCH3 is 5. The summed E-state index contributed by atoms with van der Waals surface area (Å²) in [6.07, 6.45) is 0.0681. The third-order valence-corrected chi connectivity index (χ3v) is 12.3. The van der Waals surface area contributed by atoms with Crippen molar-refractivity contribution >= 4 is 45.2 Å². The van der Waals surface area contributed by atoms with Crippen molar-refractivity contribution in [1.29, 1.82) is 0 Å². The standard InChI is InChI=1S/C15H21N4O2.C14H22N2O3.C10H12O2.C9H9BrO2.C9H11NO2.BrH/c1-21-14-4-2-3-13(5-14)15(20)6-19-10-16-7-17(11-19)9-18(8-16)12-19;1-14(2,3)19-13(17)16-9-12(15)10-6-5-7-11(8-10)18-4;1-3-10(11)8-5-4-6-9(7-8)12-2;2*1-12-8-4-2-3-7(5-8)9(11)6-10;/h2-5H,6-12H2,1H3;5-8,12H,9,15H2,1-4H3,(H,16,17);4-7H,3H2,1-2H3;2-5H,6H2,1H3;2-5H,6,10H2,1H3;1H/q+1;;;;;/p-1. The second-order valence-electron chi connectivity index (χ2n) is 18.9. The Labute approximate surface area is 472 Å². The van der Waals surface area contributed by atoms with Crippen LogP contribution in [0.2, 0.25) is 0 Å². The third-order valence-electron chi connectivity index (χ3n) is 11.8. The van der Waals surface area contributed by atoms with Crippen LogP contribution in [0.25, 0.3) is 0 Å². The van der Waals surface area contributed by atoms with Crippen molar-refractivity contribution in [2.45, 2.75) is 45.8 Å². The number of carbonyl (C=O) groups is 5. The average molecular weight is 1190 g/mol. The van der Waals surface area contributed by atoms with Gasteiger partial charge in [0.2, 0.25) is 5.78 Å². The number of nitrogens with two attached hydrogens (primary N) is 2. The topological polar surface area (TPSA) is 215 Å². The highest BCUT2D eigenvalue weighted by atomic mass is 79.9. The lowest BCUT2D eigenvalue weighted by Crippen LogP contribution is -3.00. The zero-order valence-electron chi connectivity index (χ0n) is 45.6. The van der Waals surface area contributed by atoms with Crippen LogP contribution in [0, 0.1) is 0 Å². The number of alkyl halides is 1. The van der Waals surface area contributed by atoms with Crippen LogP contribution in [0.1, 0.15) is 87.2 Å². The van der Waals surface area contributed by atoms with E-state index in [1.54, 1.807) is 90.1 Å². The van der Waals surface area contributed by atoms with E-state index in [4.69, 9.17) is 39.9 Å². The van der Waals surface area contributed by atoms with Crippen LogP contribution in [-0.4, -0.2) is 155 Å². The monoisotopic (exact) mass is 1190 g/mol. The minimum absolute atomic E-state index is 0. The molecule has 0 aliphatic carbocycles. The van der Waals surface area contributed by atoms with Gasteiger partial charge in [-0.1, -0.05) is 83.5 Å². The van der Waals surface area contributed by atoms with Crippen LogP contribution in [0.3, 0.4) is 0 Å². The molecular formula is C57H75Br2N7O11. The number of alkyl carbamates (subject to hydrolysis) is 1. The van der Waals surface area contributed by atoms with E-state index >= 15 is 0 Å². The van der Waals surface area contributed by atoms with Crippen molar-refractivity contribution in [2.24, 2.45) is 11.5 Å². The summed E-state index contributed by atoms with van der Waals surface area (Å²) in [7, 11) is 7.97. The molecule has 4 saturated heterocycles. The Morgan fingerprint density at radius 1 is 0.584 bits per heavy atom. The molecule has 5 aromatic carbocycles. The maximum atomic E-state index is 12.7. The Morgan fingerprint density at radius 3 is 1.31 bits per heavy atom. The minimum atomic E-state index is -0.510. The first kappa shape index (κ1) is 65.1. The molecule has 0 aromatic heterocycles. The number of ether oxygens (including phenoxy) is 6. The third kappa shape index (κ3) is 21.6. The molecule has 0 saturated carbocycles. The van der Waals surface area contributed by atoms with E-state index < -0.39 is 11.7 Å². The number of quaternary nitrogens is 1. The average Bonchev–Trinajstić information content (AvgIpc) is 3.43. The van der Waals surface area contributed by atoms with E-state index in [0.29, 0.717) is 47.5 Å². The van der Waals surface area contributed by atoms with Crippen molar-refractivity contribution in [3.8, 4) is 28.7 Å². The minimum Gasteiger partial charge on any atom is -1.00 e. The normalized spacial score (nSPS) is 17.6. The zero-order chi connectivity index (χ0) is 55.8. The van der Waals surface area contributed by atoms with E-state index in [1.165, 1.54) is 0 Å². The Morgan fingerprint density at radius 2 is 0.948 bits per heavy atom. The maximum absolute atomic E-state index is 12.7. The molecule has 4 fully saturated rings. The molecule has 1 unspecified atom stereocenters. The molecule has 20 heteroatoms. The summed E-state index contributed by atoms with van der Waals surface area (Å²) in [5, 5.41) is 3.00. The highest BCUT2D eigenvalue weighted by molar-refractivity contribution is 9.09. The lowest BCUT2D eigenvalue weighted by molar-refractivity contribution is -0.973. The molecule has 418 valence electrons. The van der Waals surface area contributed by atoms with Crippen LogP contribution in [0.15, 0.2) is 121 Å². The molecule has 5 N–H and O–H groups in total. The second kappa shape index (κ2) is 32.5. The van der Waals surface area contributed by atoms with E-state index in [1.807, 2.05) is 94.4 Å². The number of hydrogen-bond acceptors (Lipinski definition) is 16. The number of rotatable bonds is 17. The van der Waals surface area contributed by atoms with Crippen LogP contribution < -0.4 is 57.4 Å². The van der Waals surface area contributed by atoms with Gasteiger partial charge in [0, 0.05) is 41.3 Å². The SMILES string of the molecule is CCC(=O)c1cccc(OC)c1.COc1cccc(C(=O)CBr)c1.COc1cccc(C(=O)CN)c1.COc1cccc(C(=O)C[N+]23CN4CN(CN(C4)C2)C3)c1.COc1cccc(C(N)CNC(=O)OC(C)(C)C)c1.[Br-]. The molecule has 1 atom stereocenters. The van der Waals surface area contributed by atoms with Gasteiger partial charge in [0.05, 0.1) is 67.4 Å². The summed E-state index contributed by atoms with van der Waals surface area (Å²) in [5.41, 5.74) is 14.3. The van der Waals surface area contributed by atoms with Gasteiger partial charge in [-0.25, -0.2) is 19.5 Å². The molecule has 5 aromatic rings. The fourth-order valence-corrected chi connectivity index (χ4v) is 8.61. The van der Waals surface area contributed by atoms with Crippen molar-refractivity contribution in [3.63, 3.8) is 0 Å². The highest BCUT2D eigenvalue weighted by Gasteiger charge is 2.49. The van der Waals surface area contributed by atoms with Gasteiger partial charge in [-0.15, -0.1) is 0 Å². The number of halogens is 2. The largest absolute Gasteiger partial charge is 1.00 e. The van der Waals surface area contributed by atoms with Gasteiger partial charge in [0.15, 0.2) is 17.3 Å².